The van der Waals surface area contributed by atoms with Crippen molar-refractivity contribution in [1.29, 1.82) is 0 Å². The molecule has 0 aliphatic rings. The van der Waals surface area contributed by atoms with Crippen LogP contribution in [0.5, 0.6) is 0 Å². The minimum Gasteiger partial charge on any atom is -0.756 e. The molecule has 0 bridgehead atoms. The Kier molecular flexibility index (Phi) is 54.7. The van der Waals surface area contributed by atoms with Crippen molar-refractivity contribution in [2.24, 2.45) is 0 Å². The van der Waals surface area contributed by atoms with Crippen molar-refractivity contribution in [2.75, 3.05) is 40.9 Å². The van der Waals surface area contributed by atoms with Crippen LogP contribution in [0.2, 0.25) is 0 Å². The molecule has 436 valence electrons. The Balaban J connectivity index is 4.07. The first-order chi connectivity index (χ1) is 36.5. The summed E-state index contributed by atoms with van der Waals surface area (Å²) in [6.07, 6.45) is 79.6. The standard InChI is InChI=1S/C66H121N2O6P/c1-6-8-10-12-14-16-18-20-22-24-26-27-28-29-30-31-32-33-34-35-36-37-38-39-40-41-42-44-46-48-50-52-54-56-58-60-66(70)67-64(63-74-75(71,72)73-62-61-68(3,4)5)65(69)59-57-55-53-51-49-47-45-43-25-23-21-19-17-15-13-11-9-7-2/h8,10,14,16,20,22,26-27,29-30,32-33,57,59,64-65,69H,6-7,9,11-13,15,17-19,21,23-25,28,31,34-56,58,60-63H2,1-5H3,(H-,67,70,71,72)/b10-8-,16-14-,22-20-,27-26-,30-29-,33-32-,59-57+. The van der Waals surface area contributed by atoms with Gasteiger partial charge < -0.3 is 28.8 Å². The summed E-state index contributed by atoms with van der Waals surface area (Å²) in [5, 5.41) is 13.9. The van der Waals surface area contributed by atoms with Crippen molar-refractivity contribution >= 4 is 13.7 Å². The molecule has 8 nitrogen and oxygen atoms in total. The zero-order valence-corrected chi connectivity index (χ0v) is 50.6. The number of phosphoric acid groups is 1. The van der Waals surface area contributed by atoms with Gasteiger partial charge in [0, 0.05) is 6.42 Å². The Morgan fingerprint density at radius 1 is 0.480 bits per heavy atom. The predicted molar refractivity (Wildman–Crippen MR) is 325 cm³/mol. The van der Waals surface area contributed by atoms with E-state index in [1.165, 1.54) is 180 Å². The second-order valence-electron chi connectivity index (χ2n) is 22.4. The van der Waals surface area contributed by atoms with Crippen LogP contribution in [0, 0.1) is 0 Å². The van der Waals surface area contributed by atoms with Gasteiger partial charge in [0.15, 0.2) is 0 Å². The monoisotopic (exact) mass is 1070 g/mol. The molecule has 3 unspecified atom stereocenters. The summed E-state index contributed by atoms with van der Waals surface area (Å²) in [6, 6.07) is -0.890. The number of likely N-dealkylation sites (N-methyl/N-ethyl adjacent to an activating group) is 1. The van der Waals surface area contributed by atoms with Crippen molar-refractivity contribution < 1.29 is 32.9 Å². The molecule has 0 aliphatic heterocycles. The Bertz CT molecular complexity index is 1500. The lowest BCUT2D eigenvalue weighted by Gasteiger charge is -2.29. The number of hydrogen-bond acceptors (Lipinski definition) is 6. The summed E-state index contributed by atoms with van der Waals surface area (Å²) in [7, 11) is 1.26. The molecular formula is C66H121N2O6P. The van der Waals surface area contributed by atoms with Crippen LogP contribution in [0.1, 0.15) is 277 Å². The molecule has 0 aromatic carbocycles. The van der Waals surface area contributed by atoms with Gasteiger partial charge in [0.2, 0.25) is 5.91 Å². The third-order valence-corrected chi connectivity index (χ3v) is 14.8. The highest BCUT2D eigenvalue weighted by molar-refractivity contribution is 7.45. The molecule has 0 aromatic heterocycles. The first-order valence-electron chi connectivity index (χ1n) is 31.4. The van der Waals surface area contributed by atoms with Crippen LogP contribution in [0.15, 0.2) is 85.1 Å². The van der Waals surface area contributed by atoms with Gasteiger partial charge >= 0.3 is 0 Å². The van der Waals surface area contributed by atoms with E-state index in [0.29, 0.717) is 17.4 Å². The highest BCUT2D eigenvalue weighted by atomic mass is 31.2. The highest BCUT2D eigenvalue weighted by Gasteiger charge is 2.23. The molecule has 0 aliphatic carbocycles. The van der Waals surface area contributed by atoms with Crippen LogP contribution in [-0.2, 0) is 18.4 Å². The number of aliphatic hydroxyl groups is 1. The number of unbranched alkanes of at least 4 members (excludes halogenated alkanes) is 32. The Hall–Kier alpha value is -2.32. The minimum atomic E-state index is -4.60. The fraction of sp³-hybridized carbons (Fsp3) is 0.773. The van der Waals surface area contributed by atoms with E-state index in [9.17, 15) is 19.4 Å². The molecule has 0 saturated carbocycles. The maximum Gasteiger partial charge on any atom is 0.268 e. The number of amides is 1. The quantitative estimate of drug-likeness (QED) is 0.0272. The van der Waals surface area contributed by atoms with Crippen molar-refractivity contribution in [1.82, 2.24) is 5.32 Å². The topological polar surface area (TPSA) is 108 Å². The molecular weight excluding hydrogens is 948 g/mol. The maximum absolute atomic E-state index is 13.0. The summed E-state index contributed by atoms with van der Waals surface area (Å²) in [5.74, 6) is -0.197. The minimum absolute atomic E-state index is 0.00244. The van der Waals surface area contributed by atoms with E-state index in [-0.39, 0.29) is 19.1 Å². The molecule has 0 fully saturated rings. The van der Waals surface area contributed by atoms with Gasteiger partial charge in [-0.05, 0) is 70.6 Å². The number of phosphoric ester groups is 1. The number of quaternary nitrogens is 1. The molecule has 0 rings (SSSR count). The average Bonchev–Trinajstić information content (AvgIpc) is 3.37. The van der Waals surface area contributed by atoms with Gasteiger partial charge in [-0.15, -0.1) is 0 Å². The third-order valence-electron chi connectivity index (χ3n) is 13.9. The number of carbonyl (C=O) groups is 1. The predicted octanol–water partition coefficient (Wildman–Crippen LogP) is 19.0. The van der Waals surface area contributed by atoms with E-state index in [4.69, 9.17) is 9.05 Å². The fourth-order valence-corrected chi connectivity index (χ4v) is 9.71. The zero-order chi connectivity index (χ0) is 54.9. The normalized spacial score (nSPS) is 14.4. The Labute approximate surface area is 465 Å². The van der Waals surface area contributed by atoms with Crippen LogP contribution in [0.25, 0.3) is 0 Å². The van der Waals surface area contributed by atoms with E-state index in [0.717, 1.165) is 77.0 Å². The zero-order valence-electron chi connectivity index (χ0n) is 49.7. The number of hydrogen-bond donors (Lipinski definition) is 2. The van der Waals surface area contributed by atoms with Crippen LogP contribution >= 0.6 is 7.82 Å². The highest BCUT2D eigenvalue weighted by Crippen LogP contribution is 2.38. The number of carbonyl (C=O) groups excluding carboxylic acids is 1. The second-order valence-corrected chi connectivity index (χ2v) is 23.8. The summed E-state index contributed by atoms with van der Waals surface area (Å²) in [5.41, 5.74) is 0. The SMILES string of the molecule is CC/C=C\C/C=C\C/C=C\C/C=C\C/C=C\C/C=C\CCCCCCCCCCCCCCCCCCC(=O)NC(COP(=O)([O-])OCC[N+](C)(C)C)C(O)/C=C/CCCCCCCCCCCCCCCCCC. The lowest BCUT2D eigenvalue weighted by atomic mass is 10.0. The lowest BCUT2D eigenvalue weighted by molar-refractivity contribution is -0.870. The number of aliphatic hydroxyl groups excluding tert-OH is 1. The molecule has 1 amide bonds. The second kappa shape index (κ2) is 56.4. The Morgan fingerprint density at radius 3 is 1.19 bits per heavy atom. The van der Waals surface area contributed by atoms with E-state index in [1.807, 2.05) is 27.2 Å². The molecule has 3 atom stereocenters. The van der Waals surface area contributed by atoms with Gasteiger partial charge in [-0.1, -0.05) is 285 Å². The van der Waals surface area contributed by atoms with E-state index < -0.39 is 20.0 Å². The molecule has 0 saturated heterocycles. The summed E-state index contributed by atoms with van der Waals surface area (Å²) >= 11 is 0. The summed E-state index contributed by atoms with van der Waals surface area (Å²) in [6.45, 7) is 4.56. The molecule has 9 heteroatoms. The van der Waals surface area contributed by atoms with E-state index in [1.54, 1.807) is 6.08 Å². The third kappa shape index (κ3) is 59.2. The number of allylic oxidation sites excluding steroid dienone is 13. The number of rotatable bonds is 57. The summed E-state index contributed by atoms with van der Waals surface area (Å²) in [4.78, 5) is 25.5. The molecule has 2 N–H and O–H groups in total. The first-order valence-corrected chi connectivity index (χ1v) is 32.9. The lowest BCUT2D eigenvalue weighted by Crippen LogP contribution is -2.45. The number of nitrogens with one attached hydrogen (secondary N) is 1. The summed E-state index contributed by atoms with van der Waals surface area (Å²) < 4.78 is 23.4. The molecule has 0 aromatic rings. The van der Waals surface area contributed by atoms with E-state index in [2.05, 4.69) is 92.1 Å². The van der Waals surface area contributed by atoms with Gasteiger partial charge in [0.05, 0.1) is 39.9 Å². The van der Waals surface area contributed by atoms with Crippen LogP contribution in [-0.4, -0.2) is 68.5 Å². The van der Waals surface area contributed by atoms with Gasteiger partial charge in [-0.25, -0.2) is 0 Å². The van der Waals surface area contributed by atoms with Crippen LogP contribution in [0.3, 0.4) is 0 Å². The van der Waals surface area contributed by atoms with Crippen molar-refractivity contribution in [2.45, 2.75) is 289 Å². The van der Waals surface area contributed by atoms with Crippen LogP contribution in [0.4, 0.5) is 0 Å². The first kappa shape index (κ1) is 72.7. The Morgan fingerprint density at radius 2 is 0.813 bits per heavy atom. The average molecular weight is 1070 g/mol. The van der Waals surface area contributed by atoms with Gasteiger partial charge in [-0.3, -0.25) is 9.36 Å². The van der Waals surface area contributed by atoms with Gasteiger partial charge in [0.25, 0.3) is 7.82 Å². The van der Waals surface area contributed by atoms with Crippen molar-refractivity contribution in [3.8, 4) is 0 Å². The van der Waals surface area contributed by atoms with Crippen molar-refractivity contribution in [3.05, 3.63) is 85.1 Å². The molecule has 75 heavy (non-hydrogen) atoms. The smallest absolute Gasteiger partial charge is 0.268 e. The van der Waals surface area contributed by atoms with Gasteiger partial charge in [0.1, 0.15) is 13.2 Å². The van der Waals surface area contributed by atoms with Crippen LogP contribution < -0.4 is 10.2 Å². The molecule has 0 heterocycles. The van der Waals surface area contributed by atoms with Crippen molar-refractivity contribution in [3.63, 3.8) is 0 Å². The van der Waals surface area contributed by atoms with Gasteiger partial charge in [-0.2, -0.15) is 0 Å². The maximum atomic E-state index is 13.0. The number of nitrogens with zero attached hydrogens (tertiary/aromatic N) is 1. The fourth-order valence-electron chi connectivity index (χ4n) is 8.98. The largest absolute Gasteiger partial charge is 0.756 e. The molecule has 0 spiro atoms. The van der Waals surface area contributed by atoms with E-state index >= 15 is 0 Å². The molecule has 0 radical (unpaired) electrons.